The summed E-state index contributed by atoms with van der Waals surface area (Å²) in [7, 11) is -18.9. The average molecular weight is 2140 g/mol. The third kappa shape index (κ3) is 34.4. The second-order valence-corrected chi connectivity index (χ2v) is 39.9. The van der Waals surface area contributed by atoms with E-state index >= 15 is 0 Å². The second kappa shape index (κ2) is 51.3. The molecule has 4 aromatic carbocycles. The Morgan fingerprint density at radius 1 is 0.457 bits per heavy atom. The summed E-state index contributed by atoms with van der Waals surface area (Å²) in [6.45, 7) is 5.53. The minimum absolute atomic E-state index is 0. The number of carbonyl (C=O) groups excluding carboxylic acids is 8. The molecular formula is C86H118InN21O28S4. The van der Waals surface area contributed by atoms with Crippen LogP contribution in [0.5, 0.6) is 0 Å². The van der Waals surface area contributed by atoms with E-state index in [0.29, 0.717) is 45.3 Å². The third-order valence-electron chi connectivity index (χ3n) is 22.2. The number of ketones is 1. The summed E-state index contributed by atoms with van der Waals surface area (Å²) >= 11 is 0. The van der Waals surface area contributed by atoms with E-state index in [4.69, 9.17) is 0 Å². The van der Waals surface area contributed by atoms with E-state index in [2.05, 4.69) is 77.2 Å². The van der Waals surface area contributed by atoms with Crippen molar-refractivity contribution in [2.24, 2.45) is 0 Å². The molecule has 54 heteroatoms. The van der Waals surface area contributed by atoms with Gasteiger partial charge in [0.05, 0.1) is 69.7 Å². The number of aryl methyl sites for hydroxylation is 8. The first-order valence-corrected chi connectivity index (χ1v) is 49.9. The normalized spacial score (nSPS) is 14.7. The van der Waals surface area contributed by atoms with E-state index in [9.17, 15) is 131 Å². The van der Waals surface area contributed by atoms with Crippen LogP contribution < -0.4 is 68.2 Å². The number of hydrogen-bond acceptors (Lipinski definition) is 31. The van der Waals surface area contributed by atoms with Crippen molar-refractivity contribution in [3.05, 3.63) is 174 Å². The van der Waals surface area contributed by atoms with Crippen LogP contribution in [0.3, 0.4) is 0 Å². The number of rotatable bonds is 49. The first-order valence-electron chi connectivity index (χ1n) is 43.6. The number of sulfonamides is 2. The van der Waals surface area contributed by atoms with Crippen molar-refractivity contribution in [2.45, 2.75) is 140 Å². The van der Waals surface area contributed by atoms with Crippen molar-refractivity contribution in [2.75, 3.05) is 127 Å². The maximum absolute atomic E-state index is 14.9. The van der Waals surface area contributed by atoms with Crippen molar-refractivity contribution >= 4 is 172 Å². The van der Waals surface area contributed by atoms with Crippen molar-refractivity contribution in [1.82, 2.24) is 95.3 Å². The average Bonchev–Trinajstić information content (AvgIpc) is 0.913. The summed E-state index contributed by atoms with van der Waals surface area (Å²) in [6, 6.07) is 5.83. The van der Waals surface area contributed by atoms with Crippen LogP contribution in [-0.4, -0.2) is 356 Å². The number of H-pyrrole nitrogens is 2. The molecule has 4 aromatic heterocycles. The number of carbonyl (C=O) groups is 12. The molecule has 0 spiro atoms. The molecule has 0 radical (unpaired) electrons. The molecule has 5 atom stereocenters. The number of aromatic amines is 2. The molecule has 7 amide bonds. The topological polar surface area (TPSA) is 716 Å². The van der Waals surface area contributed by atoms with E-state index in [-0.39, 0.29) is 155 Å². The molecule has 49 nitrogen and oxygen atoms in total. The maximum atomic E-state index is 14.9. The van der Waals surface area contributed by atoms with Crippen LogP contribution in [0.1, 0.15) is 97.8 Å². The Kier molecular flexibility index (Phi) is 41.5. The van der Waals surface area contributed by atoms with E-state index < -0.39 is 234 Å². The SMILES string of the molecule is CC(=O)[C@H](CNC(=O)c1cn(CCCNC(=O)[C@H](CS(=O)(=O)O)NC(=O)[C@H](CCC(=O)N[C@@H](CS(O)(O)O)C(=O)NCCCn2cc(C(=O)NC[C@H](NS(=O)(=O)c3c(C)cc(C)cc3C)C(=O)O)c(=O)c3ccc(CNc4ncc[nH]4)cc32)NC(=O)CN2CCN(CC(=O)O)CCN(CC(=O)O)CCN(CC(=O)O)CC2)c2cc(CNc3ncc[nH]3)ccc2c1=O)NS(=O)(=O)c1c(C)cc(C)cc1C.[InH3]. The molecule has 1 aliphatic rings. The Labute approximate surface area is 824 Å². The van der Waals surface area contributed by atoms with Gasteiger partial charge in [0, 0.05) is 159 Å². The first-order chi connectivity index (χ1) is 65.4. The van der Waals surface area contributed by atoms with Gasteiger partial charge in [0.15, 0.2) is 11.9 Å². The molecule has 8 aromatic rings. The van der Waals surface area contributed by atoms with Gasteiger partial charge in [-0.2, -0.15) is 17.9 Å². The second-order valence-electron chi connectivity index (χ2n) is 33.6. The monoisotopic (exact) mass is 2140 g/mol. The molecule has 9 rings (SSSR count). The van der Waals surface area contributed by atoms with Gasteiger partial charge in [0.25, 0.3) is 21.9 Å². The molecular weight excluding hydrogens is 2020 g/mol. The summed E-state index contributed by atoms with van der Waals surface area (Å²) in [6.07, 6.45) is 6.39. The number of carboxylic acids is 4. The van der Waals surface area contributed by atoms with E-state index in [1.54, 1.807) is 88.6 Å². The zero-order valence-electron chi connectivity index (χ0n) is 77.0. The predicted molar refractivity (Wildman–Crippen MR) is 516 cm³/mol. The third-order valence-corrected chi connectivity index (χ3v) is 27.3. The molecule has 0 unspecified atom stereocenters. The molecule has 1 aliphatic heterocycles. The predicted octanol–water partition coefficient (Wildman–Crippen LogP) is -1.98. The zero-order chi connectivity index (χ0) is 102. The number of hydrogen-bond donors (Lipinski definition) is 21. The van der Waals surface area contributed by atoms with Gasteiger partial charge in [-0.3, -0.25) is 91.3 Å². The number of benzene rings is 4. The van der Waals surface area contributed by atoms with Crippen molar-refractivity contribution < 1.29 is 121 Å². The van der Waals surface area contributed by atoms with Crippen LogP contribution in [0.2, 0.25) is 0 Å². The Morgan fingerprint density at radius 3 is 1.20 bits per heavy atom. The molecule has 21 N–H and O–H groups in total. The number of nitrogens with zero attached hydrogens (tertiary/aromatic N) is 8. The fraction of sp³-hybridized carbons (Fsp3) is 0.442. The van der Waals surface area contributed by atoms with Gasteiger partial charge in [0.2, 0.25) is 60.4 Å². The Hall–Kier alpha value is -12.2. The first kappa shape index (κ1) is 113. The Morgan fingerprint density at radius 2 is 0.836 bits per heavy atom. The van der Waals surface area contributed by atoms with Crippen LogP contribution >= 0.6 is 10.9 Å². The van der Waals surface area contributed by atoms with Gasteiger partial charge in [-0.05, 0) is 125 Å². The van der Waals surface area contributed by atoms with Crippen molar-refractivity contribution in [1.29, 1.82) is 0 Å². The molecule has 0 saturated carbocycles. The number of nitrogens with one attached hydrogen (secondary N) is 13. The minimum atomic E-state index is -5.28. The van der Waals surface area contributed by atoms with Gasteiger partial charge >= 0.3 is 49.7 Å². The fourth-order valence-electron chi connectivity index (χ4n) is 15.9. The summed E-state index contributed by atoms with van der Waals surface area (Å²) in [4.78, 5) is 211. The summed E-state index contributed by atoms with van der Waals surface area (Å²) in [5.74, 6) is -16.6. The standard InChI is InChI=1S/C86H115N21O28S4.In.3H/c1-50-32-52(3)77(53(4)33-50)138(132,133)100-64(56(7)108)40-93-79(119)61-42-106(68-36-57(10-12-59(68)75(61)117)38-95-85-89-18-19-90-85)23-9-17-88-82(122)67(49-137(129,130)131)99-83(123)63(97-71(110)44-102-24-26-103(45-72(111)112)28-30-105(47-74(115)116)31-29-104(27-25-102)46-73(113)114)14-15-70(109)98-66(48-136(126,127)128)81(121)87-16-8-22-107-43-62(76(118)60-13-11-58(37-69(60)107)39-96-86-91-20-21-92-86)80(120)94-41-65(84(124)125)101-139(134,135)78-54(5)34-51(2)35-55(78)6;;;;/h10-13,18-21,32-37,42-43,63-67,100-101,126-128H,8-9,14-17,22-31,38-41,44-49H2,1-7H3,(H,87,121)(H,88,122)(H,93,119)(H,94,120)(H,97,110)(H,98,109)(H,99,123)(H,111,112)(H,113,114)(H,115,116)(H,124,125)(H2,89,90,95)(H2,91,92,96)(H,129,130,131);;;;/t63-,64-,65-,66-,67-;;;;/m0..../s1. The number of Topliss-reactive ketones (excluding diaryl/α,β-unsaturated/α-hetero) is 1. The van der Waals surface area contributed by atoms with Gasteiger partial charge in [-0.1, -0.05) is 47.5 Å². The summed E-state index contributed by atoms with van der Waals surface area (Å²) < 4.78 is 130. The van der Waals surface area contributed by atoms with Crippen molar-refractivity contribution in [3.8, 4) is 0 Å². The molecule has 1 fully saturated rings. The molecule has 1 saturated heterocycles. The number of anilines is 2. The molecule has 140 heavy (non-hydrogen) atoms. The Bertz CT molecular complexity index is 6290. The summed E-state index contributed by atoms with van der Waals surface area (Å²) in [5, 5.41) is 62.4. The van der Waals surface area contributed by atoms with E-state index in [0.717, 1.165) is 24.2 Å². The van der Waals surface area contributed by atoms with Gasteiger partial charge in [-0.25, -0.2) is 26.8 Å². The Balaban J connectivity index is 0.0000240. The number of fused-ring (bicyclic) bond motifs is 2. The molecule has 0 bridgehead atoms. The van der Waals surface area contributed by atoms with Crippen LogP contribution in [0.4, 0.5) is 11.9 Å². The number of pyridine rings is 2. The van der Waals surface area contributed by atoms with E-state index in [1.165, 1.54) is 73.3 Å². The quantitative estimate of drug-likeness (QED) is 0.0145. The van der Waals surface area contributed by atoms with Crippen molar-refractivity contribution in [3.63, 3.8) is 0 Å². The molecule has 5 heterocycles. The number of aromatic nitrogens is 6. The van der Waals surface area contributed by atoms with Gasteiger partial charge in [0.1, 0.15) is 46.8 Å². The van der Waals surface area contributed by atoms with E-state index in [1.807, 2.05) is 0 Å². The number of amides is 7. The summed E-state index contributed by atoms with van der Waals surface area (Å²) in [5.41, 5.74) is 1.85. The molecule has 0 aliphatic carbocycles. The number of imidazole rings is 2. The number of aliphatic carboxylic acids is 4. The number of carboxylic acid groups (broad SMARTS) is 4. The van der Waals surface area contributed by atoms with Gasteiger partial charge in [-0.15, -0.1) is 0 Å². The zero-order valence-corrected chi connectivity index (χ0v) is 80.2. The van der Waals surface area contributed by atoms with Gasteiger partial charge < -0.3 is 101 Å². The van der Waals surface area contributed by atoms with Crippen LogP contribution in [-0.2, 0) is 104 Å². The van der Waals surface area contributed by atoms with Crippen LogP contribution in [0.15, 0.2) is 117 Å². The fourth-order valence-corrected chi connectivity index (χ4v) is 20.5. The van der Waals surface area contributed by atoms with Crippen LogP contribution in [0, 0.1) is 41.5 Å². The van der Waals surface area contributed by atoms with Crippen LogP contribution in [0.25, 0.3) is 21.8 Å². The molecule has 762 valence electrons.